The minimum Gasteiger partial charge on any atom is -0.481 e. The zero-order valence-corrected chi connectivity index (χ0v) is 7.77. The lowest BCUT2D eigenvalue weighted by molar-refractivity contribution is -0.136. The SMILES string of the molecule is O=C(O)Cc1ncc(B(O)O)cc1Cl. The number of aromatic nitrogens is 1. The zero-order valence-electron chi connectivity index (χ0n) is 7.01. The third kappa shape index (κ3) is 2.70. The Labute approximate surface area is 85.1 Å². The fourth-order valence-electron chi connectivity index (χ4n) is 0.896. The van der Waals surface area contributed by atoms with Crippen LogP contribution in [0.15, 0.2) is 12.3 Å². The van der Waals surface area contributed by atoms with Crippen molar-refractivity contribution in [2.45, 2.75) is 6.42 Å². The molecule has 74 valence electrons. The van der Waals surface area contributed by atoms with Crippen molar-refractivity contribution in [2.75, 3.05) is 0 Å². The number of hydrogen-bond donors (Lipinski definition) is 3. The summed E-state index contributed by atoms with van der Waals surface area (Å²) in [5, 5.41) is 26.1. The third-order valence-corrected chi connectivity index (χ3v) is 1.88. The molecule has 0 fully saturated rings. The molecule has 0 aliphatic heterocycles. The summed E-state index contributed by atoms with van der Waals surface area (Å²) in [5.74, 6) is -1.04. The standard InChI is InChI=1S/C7H7BClNO4/c9-5-1-4(8(13)14)3-10-6(5)2-7(11)12/h1,3,13-14H,2H2,(H,11,12). The van der Waals surface area contributed by atoms with Gasteiger partial charge < -0.3 is 15.2 Å². The van der Waals surface area contributed by atoms with Crippen LogP contribution in [0.25, 0.3) is 0 Å². The molecule has 0 radical (unpaired) electrons. The monoisotopic (exact) mass is 215 g/mol. The van der Waals surface area contributed by atoms with Crippen molar-refractivity contribution in [1.82, 2.24) is 4.98 Å². The minimum absolute atomic E-state index is 0.109. The molecular formula is C7H7BClNO4. The molecule has 0 spiro atoms. The van der Waals surface area contributed by atoms with E-state index in [1.54, 1.807) is 0 Å². The molecule has 0 bridgehead atoms. The number of pyridine rings is 1. The molecule has 1 aromatic heterocycles. The lowest BCUT2D eigenvalue weighted by Crippen LogP contribution is -2.30. The van der Waals surface area contributed by atoms with E-state index in [1.807, 2.05) is 0 Å². The van der Waals surface area contributed by atoms with Gasteiger partial charge in [0.2, 0.25) is 0 Å². The average Bonchev–Trinajstić information content (AvgIpc) is 2.07. The van der Waals surface area contributed by atoms with Gasteiger partial charge in [-0.05, 0) is 6.07 Å². The van der Waals surface area contributed by atoms with Crippen LogP contribution in [0.2, 0.25) is 5.02 Å². The Morgan fingerprint density at radius 3 is 2.64 bits per heavy atom. The van der Waals surface area contributed by atoms with E-state index in [9.17, 15) is 4.79 Å². The van der Waals surface area contributed by atoms with Crippen LogP contribution in [0.1, 0.15) is 5.69 Å². The van der Waals surface area contributed by atoms with Crippen molar-refractivity contribution < 1.29 is 19.9 Å². The Kier molecular flexibility index (Phi) is 3.46. The van der Waals surface area contributed by atoms with Crippen molar-refractivity contribution in [3.05, 3.63) is 23.0 Å². The van der Waals surface area contributed by atoms with Crippen molar-refractivity contribution in [1.29, 1.82) is 0 Å². The molecule has 0 atom stereocenters. The summed E-state index contributed by atoms with van der Waals surface area (Å²) in [6.45, 7) is 0. The van der Waals surface area contributed by atoms with E-state index in [2.05, 4.69) is 4.98 Å². The zero-order chi connectivity index (χ0) is 10.7. The largest absolute Gasteiger partial charge is 0.490 e. The first-order valence-electron chi connectivity index (χ1n) is 3.73. The van der Waals surface area contributed by atoms with Gasteiger partial charge in [0, 0.05) is 11.7 Å². The molecule has 0 amide bonds. The van der Waals surface area contributed by atoms with Crippen molar-refractivity contribution in [3.63, 3.8) is 0 Å². The third-order valence-electron chi connectivity index (χ3n) is 1.56. The average molecular weight is 215 g/mol. The Hall–Kier alpha value is -1.11. The summed E-state index contributed by atoms with van der Waals surface area (Å²) in [7, 11) is -1.65. The second-order valence-corrected chi connectivity index (χ2v) is 3.05. The number of halogens is 1. The van der Waals surface area contributed by atoms with Crippen LogP contribution in [0, 0.1) is 0 Å². The van der Waals surface area contributed by atoms with Gasteiger partial charge in [0.15, 0.2) is 0 Å². The molecule has 0 saturated heterocycles. The van der Waals surface area contributed by atoms with Crippen molar-refractivity contribution in [3.8, 4) is 0 Å². The molecule has 1 rings (SSSR count). The smallest absolute Gasteiger partial charge is 0.481 e. The molecule has 0 unspecified atom stereocenters. The Morgan fingerprint density at radius 1 is 1.57 bits per heavy atom. The molecule has 0 aromatic carbocycles. The molecule has 14 heavy (non-hydrogen) atoms. The van der Waals surface area contributed by atoms with Crippen LogP contribution in [-0.4, -0.2) is 33.2 Å². The van der Waals surface area contributed by atoms with E-state index in [-0.39, 0.29) is 22.6 Å². The molecule has 0 aliphatic rings. The second kappa shape index (κ2) is 4.41. The fourth-order valence-corrected chi connectivity index (χ4v) is 1.14. The maximum absolute atomic E-state index is 10.3. The first-order chi connectivity index (χ1) is 6.50. The van der Waals surface area contributed by atoms with Gasteiger partial charge in [-0.15, -0.1) is 0 Å². The van der Waals surface area contributed by atoms with E-state index in [0.29, 0.717) is 0 Å². The van der Waals surface area contributed by atoms with Gasteiger partial charge in [0.1, 0.15) is 0 Å². The Bertz CT molecular complexity index is 358. The van der Waals surface area contributed by atoms with E-state index < -0.39 is 13.1 Å². The summed E-state index contributed by atoms with van der Waals surface area (Å²) in [6.07, 6.45) is 0.884. The summed E-state index contributed by atoms with van der Waals surface area (Å²) in [5.41, 5.74) is 0.327. The van der Waals surface area contributed by atoms with Crippen molar-refractivity contribution in [2.24, 2.45) is 0 Å². The first kappa shape index (κ1) is 11.0. The number of rotatable bonds is 3. The van der Waals surface area contributed by atoms with E-state index in [0.717, 1.165) is 0 Å². The van der Waals surface area contributed by atoms with Crippen LogP contribution in [0.3, 0.4) is 0 Å². The van der Waals surface area contributed by atoms with Gasteiger partial charge in [-0.25, -0.2) is 0 Å². The van der Waals surface area contributed by atoms with Gasteiger partial charge in [-0.2, -0.15) is 0 Å². The highest BCUT2D eigenvalue weighted by Crippen LogP contribution is 2.11. The molecular weight excluding hydrogens is 208 g/mol. The van der Waals surface area contributed by atoms with Gasteiger partial charge in [-0.1, -0.05) is 11.6 Å². The van der Waals surface area contributed by atoms with E-state index in [1.165, 1.54) is 12.3 Å². The lowest BCUT2D eigenvalue weighted by atomic mass is 9.81. The number of aliphatic carboxylic acids is 1. The topological polar surface area (TPSA) is 90.7 Å². The highest BCUT2D eigenvalue weighted by atomic mass is 35.5. The Balaban J connectivity index is 2.95. The molecule has 0 aliphatic carbocycles. The minimum atomic E-state index is -1.65. The maximum atomic E-state index is 10.3. The van der Waals surface area contributed by atoms with Crippen LogP contribution >= 0.6 is 11.6 Å². The van der Waals surface area contributed by atoms with Crippen LogP contribution in [0.5, 0.6) is 0 Å². The second-order valence-electron chi connectivity index (χ2n) is 2.64. The molecule has 3 N–H and O–H groups in total. The predicted molar refractivity (Wildman–Crippen MR) is 50.4 cm³/mol. The van der Waals surface area contributed by atoms with Gasteiger partial charge >= 0.3 is 13.1 Å². The number of carboxylic acid groups (broad SMARTS) is 1. The van der Waals surface area contributed by atoms with Gasteiger partial charge in [-0.3, -0.25) is 9.78 Å². The quantitative estimate of drug-likeness (QED) is 0.565. The molecule has 1 heterocycles. The molecule has 7 heteroatoms. The highest BCUT2D eigenvalue weighted by Gasteiger charge is 2.14. The molecule has 1 aromatic rings. The van der Waals surface area contributed by atoms with Gasteiger partial charge in [0.25, 0.3) is 0 Å². The van der Waals surface area contributed by atoms with Crippen LogP contribution in [0.4, 0.5) is 0 Å². The highest BCUT2D eigenvalue weighted by molar-refractivity contribution is 6.58. The van der Waals surface area contributed by atoms with Gasteiger partial charge in [0.05, 0.1) is 17.1 Å². The molecule has 0 saturated carbocycles. The normalized spacial score (nSPS) is 9.93. The fraction of sp³-hybridized carbons (Fsp3) is 0.143. The lowest BCUT2D eigenvalue weighted by Gasteiger charge is -2.03. The summed E-state index contributed by atoms with van der Waals surface area (Å²) in [6, 6.07) is 1.28. The first-order valence-corrected chi connectivity index (χ1v) is 4.10. The van der Waals surface area contributed by atoms with E-state index in [4.69, 9.17) is 26.8 Å². The predicted octanol–water partition coefficient (Wildman–Crippen LogP) is -0.958. The number of carbonyl (C=O) groups is 1. The summed E-state index contributed by atoms with van der Waals surface area (Å²) < 4.78 is 0. The van der Waals surface area contributed by atoms with Crippen LogP contribution in [-0.2, 0) is 11.2 Å². The summed E-state index contributed by atoms with van der Waals surface area (Å²) >= 11 is 5.67. The van der Waals surface area contributed by atoms with Crippen LogP contribution < -0.4 is 5.46 Å². The Morgan fingerprint density at radius 2 is 2.21 bits per heavy atom. The van der Waals surface area contributed by atoms with E-state index >= 15 is 0 Å². The summed E-state index contributed by atoms with van der Waals surface area (Å²) in [4.78, 5) is 14.0. The number of nitrogens with zero attached hydrogens (tertiary/aromatic N) is 1. The number of hydrogen-bond acceptors (Lipinski definition) is 4. The maximum Gasteiger partial charge on any atom is 0.490 e. The molecule has 5 nitrogen and oxygen atoms in total. The number of carboxylic acids is 1. The van der Waals surface area contributed by atoms with Crippen molar-refractivity contribution >= 4 is 30.2 Å².